The fraction of sp³-hybridized carbons (Fsp3) is 0.250. The van der Waals surface area contributed by atoms with E-state index < -0.39 is 5.63 Å². The largest absolute Gasteiger partial charge is 0.490 e. The molecule has 1 amide bonds. The average molecular weight is 446 g/mol. The van der Waals surface area contributed by atoms with Gasteiger partial charge in [0.25, 0.3) is 5.91 Å². The van der Waals surface area contributed by atoms with Gasteiger partial charge in [0, 0.05) is 31.6 Å². The summed E-state index contributed by atoms with van der Waals surface area (Å²) >= 11 is 0. The van der Waals surface area contributed by atoms with E-state index >= 15 is 0 Å². The number of carbonyl (C=O) groups excluding carboxylic acids is 1. The van der Waals surface area contributed by atoms with Gasteiger partial charge in [0.2, 0.25) is 0 Å². The third kappa shape index (κ3) is 4.05. The number of hydrogen-bond donors (Lipinski definition) is 0. The molecule has 1 aliphatic heterocycles. The van der Waals surface area contributed by atoms with Gasteiger partial charge in [-0.15, -0.1) is 10.2 Å². The molecule has 0 radical (unpaired) electrons. The van der Waals surface area contributed by atoms with Crippen molar-refractivity contribution in [2.45, 2.75) is 6.92 Å². The molecule has 1 fully saturated rings. The van der Waals surface area contributed by atoms with Gasteiger partial charge >= 0.3 is 5.63 Å². The maximum absolute atomic E-state index is 13.1. The van der Waals surface area contributed by atoms with Crippen molar-refractivity contribution in [3.8, 4) is 17.2 Å². The highest BCUT2D eigenvalue weighted by Crippen LogP contribution is 2.25. The normalized spacial score (nSPS) is 14.0. The summed E-state index contributed by atoms with van der Waals surface area (Å²) in [5, 5.41) is 9.17. The van der Waals surface area contributed by atoms with Gasteiger partial charge in [-0.1, -0.05) is 12.1 Å². The van der Waals surface area contributed by atoms with Crippen molar-refractivity contribution < 1.29 is 18.4 Å². The molecule has 0 aliphatic carbocycles. The summed E-state index contributed by atoms with van der Waals surface area (Å²) in [4.78, 5) is 29.4. The Hall–Kier alpha value is -4.14. The molecule has 4 aromatic rings. The zero-order valence-corrected chi connectivity index (χ0v) is 18.1. The van der Waals surface area contributed by atoms with Gasteiger partial charge in [0.1, 0.15) is 11.3 Å². The lowest BCUT2D eigenvalue weighted by molar-refractivity contribution is 0.0742. The third-order valence-corrected chi connectivity index (χ3v) is 5.57. The number of benzene rings is 1. The van der Waals surface area contributed by atoms with Crippen LogP contribution in [0.15, 0.2) is 68.4 Å². The van der Waals surface area contributed by atoms with Crippen molar-refractivity contribution in [2.75, 3.05) is 37.7 Å². The number of hydrogen-bond acceptors (Lipinski definition) is 8. The standard InChI is InChI=1S/C24H22N4O5/c1-2-31-20-6-3-5-16-15-17(24(30)33-22(16)20)23(29)28-12-10-27(11-13-28)21-9-8-18(25-26-21)19-7-4-14-32-19/h3-9,14-15H,2,10-13H2,1H3. The molecule has 5 rings (SSSR count). The molecule has 0 atom stereocenters. The summed E-state index contributed by atoms with van der Waals surface area (Å²) in [6, 6.07) is 14.3. The summed E-state index contributed by atoms with van der Waals surface area (Å²) in [7, 11) is 0. The van der Waals surface area contributed by atoms with E-state index in [1.807, 2.05) is 25.1 Å². The van der Waals surface area contributed by atoms with E-state index in [-0.39, 0.29) is 11.5 Å². The Morgan fingerprint density at radius 2 is 1.91 bits per heavy atom. The van der Waals surface area contributed by atoms with Gasteiger partial charge in [0.05, 0.1) is 12.9 Å². The molecule has 0 saturated carbocycles. The maximum Gasteiger partial charge on any atom is 0.349 e. The van der Waals surface area contributed by atoms with Crippen LogP contribution in [0.2, 0.25) is 0 Å². The molecule has 9 nitrogen and oxygen atoms in total. The molecule has 4 heterocycles. The van der Waals surface area contributed by atoms with Gasteiger partial charge in [0.15, 0.2) is 22.9 Å². The van der Waals surface area contributed by atoms with Crippen LogP contribution in [0.3, 0.4) is 0 Å². The van der Waals surface area contributed by atoms with E-state index in [9.17, 15) is 9.59 Å². The highest BCUT2D eigenvalue weighted by Gasteiger charge is 2.26. The molecule has 168 valence electrons. The lowest BCUT2D eigenvalue weighted by Gasteiger charge is -2.35. The number of amides is 1. The molecule has 0 unspecified atom stereocenters. The van der Waals surface area contributed by atoms with E-state index in [0.29, 0.717) is 61.0 Å². The van der Waals surface area contributed by atoms with Crippen molar-refractivity contribution in [3.05, 3.63) is 70.8 Å². The average Bonchev–Trinajstić information content (AvgIpc) is 3.39. The van der Waals surface area contributed by atoms with Gasteiger partial charge in [-0.25, -0.2) is 4.79 Å². The molecule has 1 saturated heterocycles. The molecular formula is C24H22N4O5. The van der Waals surface area contributed by atoms with Crippen LogP contribution in [-0.2, 0) is 0 Å². The highest BCUT2D eigenvalue weighted by molar-refractivity contribution is 5.97. The van der Waals surface area contributed by atoms with Gasteiger partial charge in [-0.2, -0.15) is 0 Å². The first kappa shape index (κ1) is 20.7. The SMILES string of the molecule is CCOc1cccc2cc(C(=O)N3CCN(c4ccc(-c5ccco5)nn4)CC3)c(=O)oc12. The van der Waals surface area contributed by atoms with E-state index in [4.69, 9.17) is 13.6 Å². The Labute approximate surface area is 189 Å². The number of ether oxygens (including phenoxy) is 1. The number of carbonyl (C=O) groups is 1. The second-order valence-corrected chi connectivity index (χ2v) is 7.59. The summed E-state index contributed by atoms with van der Waals surface area (Å²) in [6.07, 6.45) is 1.59. The lowest BCUT2D eigenvalue weighted by Crippen LogP contribution is -2.49. The first-order chi connectivity index (χ1) is 16.1. The maximum atomic E-state index is 13.1. The minimum atomic E-state index is -0.665. The number of anilines is 1. The molecule has 9 heteroatoms. The summed E-state index contributed by atoms with van der Waals surface area (Å²) in [5.74, 6) is 1.53. The zero-order valence-electron chi connectivity index (χ0n) is 18.1. The summed E-state index contributed by atoms with van der Waals surface area (Å²) in [6.45, 7) is 4.37. The van der Waals surface area contributed by atoms with E-state index in [2.05, 4.69) is 15.1 Å². The Bertz CT molecular complexity index is 1320. The predicted octanol–water partition coefficient (Wildman–Crippen LogP) is 3.20. The second-order valence-electron chi connectivity index (χ2n) is 7.59. The minimum Gasteiger partial charge on any atom is -0.490 e. The molecule has 1 aromatic carbocycles. The third-order valence-electron chi connectivity index (χ3n) is 5.57. The Balaban J connectivity index is 1.29. The second kappa shape index (κ2) is 8.78. The molecule has 33 heavy (non-hydrogen) atoms. The molecule has 0 bridgehead atoms. The number of fused-ring (bicyclic) bond motifs is 1. The van der Waals surface area contributed by atoms with Crippen LogP contribution in [0.4, 0.5) is 5.82 Å². The number of nitrogens with zero attached hydrogens (tertiary/aromatic N) is 4. The van der Waals surface area contributed by atoms with Crippen molar-refractivity contribution in [1.29, 1.82) is 0 Å². The highest BCUT2D eigenvalue weighted by atomic mass is 16.5. The molecule has 0 spiro atoms. The van der Waals surface area contributed by atoms with Crippen molar-refractivity contribution in [2.24, 2.45) is 0 Å². The van der Waals surface area contributed by atoms with Crippen LogP contribution in [0.1, 0.15) is 17.3 Å². The first-order valence-corrected chi connectivity index (χ1v) is 10.8. The number of furan rings is 1. The van der Waals surface area contributed by atoms with Crippen LogP contribution < -0.4 is 15.3 Å². The Morgan fingerprint density at radius 3 is 2.61 bits per heavy atom. The topological polar surface area (TPSA) is 102 Å². The molecule has 1 aliphatic rings. The lowest BCUT2D eigenvalue weighted by atomic mass is 10.1. The van der Waals surface area contributed by atoms with E-state index in [1.54, 1.807) is 41.5 Å². The van der Waals surface area contributed by atoms with Crippen LogP contribution >= 0.6 is 0 Å². The molecule has 0 N–H and O–H groups in total. The van der Waals surface area contributed by atoms with Crippen molar-refractivity contribution in [1.82, 2.24) is 15.1 Å². The number of piperazine rings is 1. The van der Waals surface area contributed by atoms with Crippen LogP contribution in [0.5, 0.6) is 5.75 Å². The predicted molar refractivity (Wildman–Crippen MR) is 122 cm³/mol. The quantitative estimate of drug-likeness (QED) is 0.431. The first-order valence-electron chi connectivity index (χ1n) is 10.8. The fourth-order valence-electron chi connectivity index (χ4n) is 3.89. The zero-order chi connectivity index (χ0) is 22.8. The minimum absolute atomic E-state index is 0.0205. The molecular weight excluding hydrogens is 424 g/mol. The summed E-state index contributed by atoms with van der Waals surface area (Å²) in [5.41, 5.74) is 0.365. The van der Waals surface area contributed by atoms with Crippen LogP contribution in [0, 0.1) is 0 Å². The van der Waals surface area contributed by atoms with Gasteiger partial charge < -0.3 is 23.4 Å². The number of rotatable bonds is 5. The number of para-hydroxylation sites is 1. The monoisotopic (exact) mass is 446 g/mol. The van der Waals surface area contributed by atoms with Crippen molar-refractivity contribution >= 4 is 22.7 Å². The summed E-state index contributed by atoms with van der Waals surface area (Å²) < 4.78 is 16.3. The van der Waals surface area contributed by atoms with E-state index in [1.165, 1.54) is 0 Å². The smallest absolute Gasteiger partial charge is 0.349 e. The number of aromatic nitrogens is 2. The van der Waals surface area contributed by atoms with Crippen LogP contribution in [0.25, 0.3) is 22.4 Å². The Morgan fingerprint density at radius 1 is 1.06 bits per heavy atom. The Kier molecular flexibility index (Phi) is 5.52. The van der Waals surface area contributed by atoms with Gasteiger partial charge in [-0.05, 0) is 43.3 Å². The van der Waals surface area contributed by atoms with Gasteiger partial charge in [-0.3, -0.25) is 4.79 Å². The fourth-order valence-corrected chi connectivity index (χ4v) is 3.89. The molecule has 3 aromatic heterocycles. The van der Waals surface area contributed by atoms with Crippen molar-refractivity contribution in [3.63, 3.8) is 0 Å². The van der Waals surface area contributed by atoms with E-state index in [0.717, 1.165) is 5.82 Å². The van der Waals surface area contributed by atoms with Crippen LogP contribution in [-0.4, -0.2) is 53.8 Å².